The topological polar surface area (TPSA) is 182 Å². The maximum absolute atomic E-state index is 12.6. The minimum atomic E-state index is -2.06. The second kappa shape index (κ2) is 5.03. The number of nitrogens with two attached hydrogens (primary N) is 3. The molecule has 0 aromatic heterocycles. The molecular weight excluding hydrogens is 320 g/mol. The van der Waals surface area contributed by atoms with Gasteiger partial charge in [0.15, 0.2) is 5.72 Å². The van der Waals surface area contributed by atoms with Crippen LogP contribution in [0.5, 0.6) is 0 Å². The molecule has 10 heteroatoms. The molecule has 1 amide bonds. The van der Waals surface area contributed by atoms with Crippen molar-refractivity contribution in [3.8, 4) is 0 Å². The van der Waals surface area contributed by atoms with E-state index in [4.69, 9.17) is 21.9 Å². The summed E-state index contributed by atoms with van der Waals surface area (Å²) in [5.74, 6) is -2.39. The molecule has 0 aromatic rings. The molecule has 3 rings (SSSR count). The van der Waals surface area contributed by atoms with Gasteiger partial charge < -0.3 is 37.1 Å². The van der Waals surface area contributed by atoms with E-state index < -0.39 is 48.1 Å². The van der Waals surface area contributed by atoms with Crippen LogP contribution >= 0.6 is 0 Å². The molecular formula is C14H18N4O6. The molecule has 0 spiro atoms. The number of rotatable bonds is 2. The van der Waals surface area contributed by atoms with E-state index in [9.17, 15) is 24.6 Å². The number of aliphatic hydroxyl groups excluding tert-OH is 1. The zero-order valence-electron chi connectivity index (χ0n) is 12.9. The highest BCUT2D eigenvalue weighted by Gasteiger charge is 2.65. The summed E-state index contributed by atoms with van der Waals surface area (Å²) in [6.07, 6.45) is -2.59. The molecule has 0 bridgehead atoms. The Balaban J connectivity index is 2.14. The minimum Gasteiger partial charge on any atom is -0.449 e. The fraction of sp³-hybridized carbons (Fsp3) is 0.500. The number of primary amides is 1. The lowest BCUT2D eigenvalue weighted by Gasteiger charge is -2.36. The summed E-state index contributed by atoms with van der Waals surface area (Å²) in [6.45, 7) is 0.851. The van der Waals surface area contributed by atoms with Gasteiger partial charge in [-0.25, -0.2) is 4.79 Å². The first kappa shape index (κ1) is 16.4. The maximum Gasteiger partial charge on any atom is 0.404 e. The van der Waals surface area contributed by atoms with Gasteiger partial charge in [-0.15, -0.1) is 0 Å². The first-order valence-corrected chi connectivity index (χ1v) is 7.28. The SMILES string of the molecule is CC1=C(N)C(=O)C2=C(C1=O)N1C[C@H](N)[C@@H](O)[C@]1(O)[C@@H]2COC(N)=O. The number of allylic oxidation sites excluding steroid dienone is 2. The van der Waals surface area contributed by atoms with E-state index in [0.29, 0.717) is 0 Å². The average molecular weight is 338 g/mol. The smallest absolute Gasteiger partial charge is 0.404 e. The predicted molar refractivity (Wildman–Crippen MR) is 78.6 cm³/mol. The molecule has 24 heavy (non-hydrogen) atoms. The van der Waals surface area contributed by atoms with Crippen LogP contribution in [-0.4, -0.2) is 63.8 Å². The fourth-order valence-corrected chi connectivity index (χ4v) is 3.62. The Morgan fingerprint density at radius 3 is 2.62 bits per heavy atom. The van der Waals surface area contributed by atoms with Crippen LogP contribution in [0.3, 0.4) is 0 Å². The van der Waals surface area contributed by atoms with E-state index in [2.05, 4.69) is 0 Å². The molecule has 1 saturated heterocycles. The summed E-state index contributed by atoms with van der Waals surface area (Å²) in [5.41, 5.74) is 14.0. The first-order valence-electron chi connectivity index (χ1n) is 7.28. The summed E-state index contributed by atoms with van der Waals surface area (Å²) in [5, 5.41) is 21.4. The number of ether oxygens (including phenoxy) is 1. The van der Waals surface area contributed by atoms with E-state index in [-0.39, 0.29) is 29.1 Å². The second-order valence-corrected chi connectivity index (χ2v) is 6.14. The number of hydrogen-bond donors (Lipinski definition) is 5. The highest BCUT2D eigenvalue weighted by molar-refractivity contribution is 6.25. The quantitative estimate of drug-likeness (QED) is 0.328. The van der Waals surface area contributed by atoms with Gasteiger partial charge in [-0.1, -0.05) is 0 Å². The lowest BCUT2D eigenvalue weighted by molar-refractivity contribution is -0.156. The monoisotopic (exact) mass is 338 g/mol. The lowest BCUT2D eigenvalue weighted by Crippen LogP contribution is -2.55. The van der Waals surface area contributed by atoms with Crippen molar-refractivity contribution in [2.45, 2.75) is 24.8 Å². The van der Waals surface area contributed by atoms with Crippen molar-refractivity contribution in [1.82, 2.24) is 4.90 Å². The number of amides is 1. The molecule has 0 radical (unpaired) electrons. The number of Topliss-reactive ketones (excluding diaryl/α,β-unsaturated/α-hetero) is 2. The maximum atomic E-state index is 12.6. The summed E-state index contributed by atoms with van der Waals surface area (Å²) in [4.78, 5) is 37.3. The van der Waals surface area contributed by atoms with E-state index in [1.165, 1.54) is 11.8 Å². The number of carbonyl (C=O) groups excluding carboxylic acids is 3. The highest BCUT2D eigenvalue weighted by atomic mass is 16.5. The number of aliphatic hydroxyl groups is 2. The zero-order chi connectivity index (χ0) is 18.0. The van der Waals surface area contributed by atoms with Crippen LogP contribution < -0.4 is 17.2 Å². The molecule has 1 fully saturated rings. The Bertz CT molecular complexity index is 729. The van der Waals surface area contributed by atoms with Crippen LogP contribution in [0.2, 0.25) is 0 Å². The first-order chi connectivity index (χ1) is 11.1. The summed E-state index contributed by atoms with van der Waals surface area (Å²) in [7, 11) is 0. The zero-order valence-corrected chi connectivity index (χ0v) is 12.9. The van der Waals surface area contributed by atoms with Crippen molar-refractivity contribution >= 4 is 17.7 Å². The van der Waals surface area contributed by atoms with Gasteiger partial charge in [-0.2, -0.15) is 0 Å². The van der Waals surface area contributed by atoms with Crippen LogP contribution in [-0.2, 0) is 14.3 Å². The molecule has 130 valence electrons. The fourth-order valence-electron chi connectivity index (χ4n) is 3.62. The molecule has 0 unspecified atom stereocenters. The molecule has 8 N–H and O–H groups in total. The van der Waals surface area contributed by atoms with E-state index in [1.807, 2.05) is 0 Å². The van der Waals surface area contributed by atoms with Crippen LogP contribution in [0.15, 0.2) is 22.5 Å². The van der Waals surface area contributed by atoms with E-state index in [1.54, 1.807) is 0 Å². The van der Waals surface area contributed by atoms with Gasteiger partial charge in [-0.05, 0) is 6.92 Å². The molecule has 10 nitrogen and oxygen atoms in total. The van der Waals surface area contributed by atoms with Crippen molar-refractivity contribution in [3.63, 3.8) is 0 Å². The molecule has 2 heterocycles. The summed E-state index contributed by atoms with van der Waals surface area (Å²) < 4.78 is 4.72. The molecule has 2 aliphatic heterocycles. The number of hydrogen-bond acceptors (Lipinski definition) is 9. The van der Waals surface area contributed by atoms with Gasteiger partial charge in [-0.3, -0.25) is 9.59 Å². The third kappa shape index (κ3) is 1.84. The van der Waals surface area contributed by atoms with Gasteiger partial charge in [0.1, 0.15) is 12.7 Å². The minimum absolute atomic E-state index is 0.0459. The Morgan fingerprint density at radius 2 is 2.04 bits per heavy atom. The van der Waals surface area contributed by atoms with Crippen molar-refractivity contribution < 1.29 is 29.3 Å². The lowest BCUT2D eigenvalue weighted by atomic mass is 9.81. The Labute approximate surface area is 136 Å². The largest absolute Gasteiger partial charge is 0.449 e. The number of fused-ring (bicyclic) bond motifs is 2. The van der Waals surface area contributed by atoms with Crippen LogP contribution in [0.1, 0.15) is 6.92 Å². The van der Waals surface area contributed by atoms with Gasteiger partial charge in [0, 0.05) is 17.7 Å². The normalized spacial score (nSPS) is 35.5. The summed E-state index contributed by atoms with van der Waals surface area (Å²) >= 11 is 0. The molecule has 1 aliphatic carbocycles. The average Bonchev–Trinajstić information content (AvgIpc) is 2.90. The van der Waals surface area contributed by atoms with Crippen molar-refractivity contribution in [2.24, 2.45) is 23.1 Å². The Kier molecular flexibility index (Phi) is 3.44. The molecule has 4 atom stereocenters. The van der Waals surface area contributed by atoms with E-state index in [0.717, 1.165) is 0 Å². The number of nitrogens with zero attached hydrogens (tertiary/aromatic N) is 1. The third-order valence-electron chi connectivity index (χ3n) is 4.89. The number of carbonyl (C=O) groups is 3. The Hall–Kier alpha value is -2.43. The summed E-state index contributed by atoms with van der Waals surface area (Å²) in [6, 6.07) is -0.855. The van der Waals surface area contributed by atoms with Crippen LogP contribution in [0.4, 0.5) is 4.79 Å². The van der Waals surface area contributed by atoms with Crippen molar-refractivity contribution in [1.29, 1.82) is 0 Å². The van der Waals surface area contributed by atoms with Gasteiger partial charge in [0.25, 0.3) is 0 Å². The molecule has 3 aliphatic rings. The molecule has 0 aromatic carbocycles. The standard InChI is InChI=1S/C14H18N4O6/c1-4-8(16)11(20)7-5(3-24-13(17)22)14(23)12(21)6(15)2-18(14)9(7)10(4)19/h5-6,12,21,23H,2-3,15-16H2,1H3,(H2,17,22)/t5-,6+,12-,14-/m1/s1. The number of ketones is 2. The van der Waals surface area contributed by atoms with Crippen molar-refractivity contribution in [2.75, 3.05) is 13.2 Å². The van der Waals surface area contributed by atoms with Crippen molar-refractivity contribution in [3.05, 3.63) is 22.5 Å². The van der Waals surface area contributed by atoms with E-state index >= 15 is 0 Å². The predicted octanol–water partition coefficient (Wildman–Crippen LogP) is -2.96. The van der Waals surface area contributed by atoms with Gasteiger partial charge in [0.2, 0.25) is 11.6 Å². The van der Waals surface area contributed by atoms with Gasteiger partial charge in [0.05, 0.1) is 23.4 Å². The van der Waals surface area contributed by atoms with Crippen LogP contribution in [0.25, 0.3) is 0 Å². The Morgan fingerprint density at radius 1 is 1.42 bits per heavy atom. The van der Waals surface area contributed by atoms with Crippen LogP contribution in [0, 0.1) is 5.92 Å². The second-order valence-electron chi connectivity index (χ2n) is 6.14. The molecule has 0 saturated carbocycles. The highest BCUT2D eigenvalue weighted by Crippen LogP contribution is 2.49. The third-order valence-corrected chi connectivity index (χ3v) is 4.89. The van der Waals surface area contributed by atoms with Gasteiger partial charge >= 0.3 is 6.09 Å².